The predicted molar refractivity (Wildman–Crippen MR) is 100 cm³/mol. The molecule has 0 aromatic heterocycles. The maximum absolute atomic E-state index is 11.3. The standard InChI is InChI=1S/C19H23ClN2O3/c1-18(2,3)19(4,22-17(23)24)12-6-5-7-14(10-12)25-16-11-13(20)8-9-15(16)21/h5-11,22H,21H2,1-4H3,(H,23,24). The first-order valence-corrected chi connectivity index (χ1v) is 8.25. The van der Waals surface area contributed by atoms with Crippen LogP contribution in [0.1, 0.15) is 33.3 Å². The van der Waals surface area contributed by atoms with Crippen molar-refractivity contribution < 1.29 is 14.6 Å². The van der Waals surface area contributed by atoms with Crippen LogP contribution in [-0.4, -0.2) is 11.2 Å². The number of rotatable bonds is 4. The third kappa shape index (κ3) is 4.17. The van der Waals surface area contributed by atoms with Gasteiger partial charge in [-0.2, -0.15) is 0 Å². The quantitative estimate of drug-likeness (QED) is 0.649. The van der Waals surface area contributed by atoms with E-state index in [1.807, 2.05) is 45.9 Å². The molecule has 1 unspecified atom stereocenters. The molecule has 0 fully saturated rings. The summed E-state index contributed by atoms with van der Waals surface area (Å²) >= 11 is 5.99. The lowest BCUT2D eigenvalue weighted by molar-refractivity contribution is 0.130. The van der Waals surface area contributed by atoms with Gasteiger partial charge in [-0.1, -0.05) is 44.5 Å². The Morgan fingerprint density at radius 2 is 1.84 bits per heavy atom. The van der Waals surface area contributed by atoms with Gasteiger partial charge >= 0.3 is 6.09 Å². The molecule has 0 bridgehead atoms. The van der Waals surface area contributed by atoms with Crippen LogP contribution in [0.15, 0.2) is 42.5 Å². The van der Waals surface area contributed by atoms with Crippen LogP contribution < -0.4 is 15.8 Å². The van der Waals surface area contributed by atoms with Crippen molar-refractivity contribution in [1.82, 2.24) is 5.32 Å². The van der Waals surface area contributed by atoms with E-state index < -0.39 is 11.6 Å². The van der Waals surface area contributed by atoms with Gasteiger partial charge in [-0.15, -0.1) is 0 Å². The molecule has 5 nitrogen and oxygen atoms in total. The van der Waals surface area contributed by atoms with Crippen molar-refractivity contribution in [3.8, 4) is 11.5 Å². The number of hydrogen-bond donors (Lipinski definition) is 3. The molecule has 25 heavy (non-hydrogen) atoms. The molecule has 6 heteroatoms. The van der Waals surface area contributed by atoms with Crippen LogP contribution in [0.3, 0.4) is 0 Å². The lowest BCUT2D eigenvalue weighted by Crippen LogP contribution is -2.51. The third-order valence-corrected chi connectivity index (χ3v) is 4.71. The Labute approximate surface area is 152 Å². The van der Waals surface area contributed by atoms with Gasteiger partial charge in [0, 0.05) is 11.1 Å². The molecule has 0 aliphatic heterocycles. The summed E-state index contributed by atoms with van der Waals surface area (Å²) in [4.78, 5) is 11.3. The molecule has 1 atom stereocenters. The van der Waals surface area contributed by atoms with Crippen molar-refractivity contribution in [1.29, 1.82) is 0 Å². The number of nitrogens with one attached hydrogen (secondary N) is 1. The average molecular weight is 363 g/mol. The molecule has 134 valence electrons. The predicted octanol–water partition coefficient (Wildman–Crippen LogP) is 5.24. The minimum Gasteiger partial charge on any atom is -0.465 e. The van der Waals surface area contributed by atoms with Gasteiger partial charge in [-0.05, 0) is 42.2 Å². The van der Waals surface area contributed by atoms with Crippen molar-refractivity contribution in [3.05, 3.63) is 53.1 Å². The Bertz CT molecular complexity index is 786. The Morgan fingerprint density at radius 1 is 1.16 bits per heavy atom. The maximum Gasteiger partial charge on any atom is 0.405 e. The number of benzene rings is 2. The summed E-state index contributed by atoms with van der Waals surface area (Å²) in [6.07, 6.45) is -1.08. The second-order valence-corrected chi connectivity index (χ2v) is 7.55. The van der Waals surface area contributed by atoms with E-state index >= 15 is 0 Å². The zero-order valence-electron chi connectivity index (χ0n) is 14.8. The number of nitrogens with two attached hydrogens (primary N) is 1. The van der Waals surface area contributed by atoms with Gasteiger partial charge in [0.05, 0.1) is 11.2 Å². The highest BCUT2D eigenvalue weighted by Gasteiger charge is 2.40. The number of amides is 1. The number of carbonyl (C=O) groups is 1. The molecule has 0 aliphatic rings. The van der Waals surface area contributed by atoms with E-state index in [-0.39, 0.29) is 5.41 Å². The third-order valence-electron chi connectivity index (χ3n) is 4.47. The lowest BCUT2D eigenvalue weighted by atomic mass is 9.70. The number of carboxylic acid groups (broad SMARTS) is 1. The minimum absolute atomic E-state index is 0.362. The van der Waals surface area contributed by atoms with Crippen LogP contribution in [0, 0.1) is 5.41 Å². The van der Waals surface area contributed by atoms with Crippen molar-refractivity contribution in [3.63, 3.8) is 0 Å². The number of ether oxygens (including phenoxy) is 1. The zero-order chi connectivity index (χ0) is 18.8. The first-order chi connectivity index (χ1) is 11.5. The molecular formula is C19H23ClN2O3. The van der Waals surface area contributed by atoms with E-state index in [0.717, 1.165) is 5.56 Å². The van der Waals surface area contributed by atoms with Crippen molar-refractivity contribution in [2.24, 2.45) is 5.41 Å². The van der Waals surface area contributed by atoms with Gasteiger partial charge < -0.3 is 20.9 Å². The molecule has 0 heterocycles. The first kappa shape index (κ1) is 18.9. The minimum atomic E-state index is -1.08. The fourth-order valence-corrected chi connectivity index (χ4v) is 2.66. The SMILES string of the molecule is CC(C)(C)C(C)(NC(=O)O)c1cccc(Oc2cc(Cl)ccc2N)c1. The van der Waals surface area contributed by atoms with Crippen LogP contribution in [-0.2, 0) is 5.54 Å². The molecule has 4 N–H and O–H groups in total. The first-order valence-electron chi connectivity index (χ1n) is 7.87. The van der Waals surface area contributed by atoms with Gasteiger partial charge in [-0.3, -0.25) is 0 Å². The van der Waals surface area contributed by atoms with Crippen LogP contribution in [0.4, 0.5) is 10.5 Å². The van der Waals surface area contributed by atoms with Crippen molar-refractivity contribution in [2.45, 2.75) is 33.2 Å². The molecule has 0 radical (unpaired) electrons. The maximum atomic E-state index is 11.3. The van der Waals surface area contributed by atoms with Gasteiger partial charge in [0.2, 0.25) is 0 Å². The Kier molecular flexibility index (Phi) is 5.18. The molecule has 2 aromatic carbocycles. The molecule has 2 rings (SSSR count). The molecule has 0 spiro atoms. The van der Waals surface area contributed by atoms with Crippen molar-refractivity contribution >= 4 is 23.4 Å². The summed E-state index contributed by atoms with van der Waals surface area (Å²) in [5.74, 6) is 1.00. The molecule has 1 amide bonds. The second-order valence-electron chi connectivity index (χ2n) is 7.12. The number of nitrogen functional groups attached to an aromatic ring is 1. The highest BCUT2D eigenvalue weighted by Crippen LogP contribution is 2.40. The topological polar surface area (TPSA) is 84.6 Å². The molecule has 2 aromatic rings. The van der Waals surface area contributed by atoms with E-state index in [2.05, 4.69) is 5.32 Å². The summed E-state index contributed by atoms with van der Waals surface area (Å²) in [7, 11) is 0. The Balaban J connectivity index is 2.43. The monoisotopic (exact) mass is 362 g/mol. The van der Waals surface area contributed by atoms with Gasteiger partial charge in [-0.25, -0.2) is 4.79 Å². The van der Waals surface area contributed by atoms with Gasteiger partial charge in [0.1, 0.15) is 5.75 Å². The molecule has 0 saturated carbocycles. The van der Waals surface area contributed by atoms with Crippen LogP contribution in [0.25, 0.3) is 0 Å². The fraction of sp³-hybridized carbons (Fsp3) is 0.316. The molecule has 0 saturated heterocycles. The summed E-state index contributed by atoms with van der Waals surface area (Å²) < 4.78 is 5.86. The summed E-state index contributed by atoms with van der Waals surface area (Å²) in [6.45, 7) is 7.79. The highest BCUT2D eigenvalue weighted by atomic mass is 35.5. The zero-order valence-corrected chi connectivity index (χ0v) is 15.5. The second kappa shape index (κ2) is 6.84. The fourth-order valence-electron chi connectivity index (χ4n) is 2.50. The van der Waals surface area contributed by atoms with Crippen LogP contribution in [0.2, 0.25) is 5.02 Å². The van der Waals surface area contributed by atoms with Crippen LogP contribution >= 0.6 is 11.6 Å². The highest BCUT2D eigenvalue weighted by molar-refractivity contribution is 6.30. The number of hydrogen-bond acceptors (Lipinski definition) is 3. The Hall–Kier alpha value is -2.40. The van der Waals surface area contributed by atoms with E-state index in [0.29, 0.717) is 22.2 Å². The van der Waals surface area contributed by atoms with Gasteiger partial charge in [0.15, 0.2) is 5.75 Å². The van der Waals surface area contributed by atoms with Crippen LogP contribution in [0.5, 0.6) is 11.5 Å². The van der Waals surface area contributed by atoms with E-state index in [4.69, 9.17) is 22.1 Å². The number of anilines is 1. The van der Waals surface area contributed by atoms with E-state index in [1.165, 1.54) is 0 Å². The Morgan fingerprint density at radius 3 is 2.44 bits per heavy atom. The lowest BCUT2D eigenvalue weighted by Gasteiger charge is -2.42. The largest absolute Gasteiger partial charge is 0.465 e. The van der Waals surface area contributed by atoms with E-state index in [1.54, 1.807) is 24.3 Å². The smallest absolute Gasteiger partial charge is 0.405 e. The average Bonchev–Trinajstić information content (AvgIpc) is 2.49. The molecular weight excluding hydrogens is 340 g/mol. The molecule has 0 aliphatic carbocycles. The summed E-state index contributed by atoms with van der Waals surface area (Å²) in [6, 6.07) is 12.3. The number of halogens is 1. The summed E-state index contributed by atoms with van der Waals surface area (Å²) in [5, 5.41) is 12.4. The van der Waals surface area contributed by atoms with E-state index in [9.17, 15) is 9.90 Å². The van der Waals surface area contributed by atoms with Crippen molar-refractivity contribution in [2.75, 3.05) is 5.73 Å². The van der Waals surface area contributed by atoms with Gasteiger partial charge in [0.25, 0.3) is 0 Å². The summed E-state index contributed by atoms with van der Waals surface area (Å²) in [5.41, 5.74) is 6.01. The normalized spacial score (nSPS) is 13.8.